The Bertz CT molecular complexity index is 1250. The maximum absolute atomic E-state index is 12.1. The van der Waals surface area contributed by atoms with Crippen molar-refractivity contribution in [2.75, 3.05) is 19.3 Å². The molecule has 3 N–H and O–H groups in total. The zero-order chi connectivity index (χ0) is 20.6. The fraction of sp³-hybridized carbons (Fsp3) is 0.190. The smallest absolute Gasteiger partial charge is 0.267 e. The fourth-order valence-electron chi connectivity index (χ4n) is 3.16. The molecule has 8 nitrogen and oxygen atoms in total. The lowest BCUT2D eigenvalue weighted by molar-refractivity contribution is -0.137. The average Bonchev–Trinajstić information content (AvgIpc) is 3.00. The van der Waals surface area contributed by atoms with Gasteiger partial charge in [0, 0.05) is 42.7 Å². The molecule has 1 aliphatic heterocycles. The Labute approximate surface area is 166 Å². The predicted octanol–water partition coefficient (Wildman–Crippen LogP) is 1.09. The molecule has 1 amide bonds. The molecule has 0 aliphatic carbocycles. The second-order valence-corrected chi connectivity index (χ2v) is 6.79. The van der Waals surface area contributed by atoms with E-state index in [1.54, 1.807) is 31.4 Å². The number of pyridine rings is 1. The lowest BCUT2D eigenvalue weighted by atomic mass is 10.0. The number of hydrogen-bond donors (Lipinski definition) is 2. The van der Waals surface area contributed by atoms with E-state index in [0.29, 0.717) is 34.4 Å². The Balaban J connectivity index is 1.70. The molecule has 1 atom stereocenters. The number of fused-ring (bicyclic) bond motifs is 1. The van der Waals surface area contributed by atoms with Crippen molar-refractivity contribution in [3.8, 4) is 29.3 Å². The van der Waals surface area contributed by atoms with Gasteiger partial charge in [0.25, 0.3) is 5.91 Å². The van der Waals surface area contributed by atoms with Crippen LogP contribution in [0.15, 0.2) is 36.7 Å². The quantitative estimate of drug-likeness (QED) is 0.601. The summed E-state index contributed by atoms with van der Waals surface area (Å²) in [5.74, 6) is 5.76. The van der Waals surface area contributed by atoms with Gasteiger partial charge in [-0.3, -0.25) is 4.79 Å². The highest BCUT2D eigenvalue weighted by Crippen LogP contribution is 2.24. The Hall–Kier alpha value is -4.01. The molecule has 1 aliphatic rings. The Morgan fingerprint density at radius 1 is 1.31 bits per heavy atom. The minimum atomic E-state index is -1.65. The van der Waals surface area contributed by atoms with E-state index in [9.17, 15) is 15.2 Å². The molecule has 8 heteroatoms. The van der Waals surface area contributed by atoms with Crippen molar-refractivity contribution in [3.05, 3.63) is 47.8 Å². The van der Waals surface area contributed by atoms with Gasteiger partial charge in [-0.15, -0.1) is 0 Å². The summed E-state index contributed by atoms with van der Waals surface area (Å²) in [6.45, 7) is 0.470. The second kappa shape index (κ2) is 6.86. The number of hydrogen-bond acceptors (Lipinski definition) is 7. The molecule has 4 rings (SSSR count). The molecule has 3 heterocycles. The summed E-state index contributed by atoms with van der Waals surface area (Å²) in [6.07, 6.45) is 3.32. The molecule has 3 aromatic rings. The van der Waals surface area contributed by atoms with Gasteiger partial charge in [-0.05, 0) is 12.1 Å². The zero-order valence-electron chi connectivity index (χ0n) is 15.5. The lowest BCUT2D eigenvalue weighted by Crippen LogP contribution is -2.37. The number of aromatic nitrogens is 3. The summed E-state index contributed by atoms with van der Waals surface area (Å²) in [7, 11) is 1.64. The third kappa shape index (κ3) is 3.22. The largest absolute Gasteiger partial charge is 0.383 e. The maximum Gasteiger partial charge on any atom is 0.267 e. The maximum atomic E-state index is 12.1. The van der Waals surface area contributed by atoms with Gasteiger partial charge < -0.3 is 15.7 Å². The van der Waals surface area contributed by atoms with E-state index in [1.165, 1.54) is 11.1 Å². The predicted molar refractivity (Wildman–Crippen MR) is 106 cm³/mol. The Kier molecular flexibility index (Phi) is 4.34. The molecule has 0 unspecified atom stereocenters. The summed E-state index contributed by atoms with van der Waals surface area (Å²) in [5, 5.41) is 20.2. The van der Waals surface area contributed by atoms with E-state index < -0.39 is 5.60 Å². The number of likely N-dealkylation sites (N-methyl/N-ethyl adjacent to an activating group) is 1. The Morgan fingerprint density at radius 2 is 2.14 bits per heavy atom. The van der Waals surface area contributed by atoms with Crippen molar-refractivity contribution in [2.45, 2.75) is 12.0 Å². The van der Waals surface area contributed by atoms with Crippen LogP contribution in [-0.4, -0.2) is 50.1 Å². The molecule has 1 aromatic carbocycles. The van der Waals surface area contributed by atoms with Gasteiger partial charge in [0.1, 0.15) is 17.5 Å². The van der Waals surface area contributed by atoms with Gasteiger partial charge in [-0.1, -0.05) is 24.0 Å². The number of aliphatic hydroxyl groups is 1. The lowest BCUT2D eigenvalue weighted by Gasteiger charge is -2.13. The molecular formula is C21H16N6O2. The first-order valence-corrected chi connectivity index (χ1v) is 8.84. The summed E-state index contributed by atoms with van der Waals surface area (Å²) in [4.78, 5) is 26.3. The van der Waals surface area contributed by atoms with Crippen LogP contribution in [0.4, 0.5) is 5.82 Å². The summed E-state index contributed by atoms with van der Waals surface area (Å²) in [6, 6.07) is 9.19. The minimum Gasteiger partial charge on any atom is -0.383 e. The van der Waals surface area contributed by atoms with Crippen molar-refractivity contribution in [1.82, 2.24) is 19.9 Å². The van der Waals surface area contributed by atoms with Crippen LogP contribution in [0, 0.1) is 23.2 Å². The Morgan fingerprint density at radius 3 is 2.86 bits per heavy atom. The van der Waals surface area contributed by atoms with Crippen LogP contribution in [-0.2, 0) is 4.79 Å². The molecule has 0 bridgehead atoms. The molecule has 0 saturated carbocycles. The normalized spacial score (nSPS) is 18.4. The monoisotopic (exact) mass is 384 g/mol. The first kappa shape index (κ1) is 18.4. The van der Waals surface area contributed by atoms with Gasteiger partial charge in [0.2, 0.25) is 5.60 Å². The summed E-state index contributed by atoms with van der Waals surface area (Å²) < 4.78 is 0. The van der Waals surface area contributed by atoms with Crippen molar-refractivity contribution in [2.24, 2.45) is 0 Å². The number of rotatable bonds is 1. The molecule has 0 spiro atoms. The van der Waals surface area contributed by atoms with Crippen molar-refractivity contribution >= 4 is 22.6 Å². The number of amides is 1. The number of nitriles is 1. The van der Waals surface area contributed by atoms with Gasteiger partial charge in [0.05, 0.1) is 11.7 Å². The number of nitrogens with zero attached hydrogens (tertiary/aromatic N) is 5. The van der Waals surface area contributed by atoms with Crippen LogP contribution >= 0.6 is 0 Å². The van der Waals surface area contributed by atoms with Crippen molar-refractivity contribution in [1.29, 1.82) is 5.26 Å². The van der Waals surface area contributed by atoms with Crippen molar-refractivity contribution < 1.29 is 9.90 Å². The third-order valence-electron chi connectivity index (χ3n) is 4.83. The molecule has 2 aromatic heterocycles. The molecular weight excluding hydrogens is 368 g/mol. The van der Waals surface area contributed by atoms with E-state index in [-0.39, 0.29) is 23.7 Å². The van der Waals surface area contributed by atoms with Gasteiger partial charge in [0.15, 0.2) is 5.82 Å². The molecule has 1 fully saturated rings. The van der Waals surface area contributed by atoms with E-state index >= 15 is 0 Å². The van der Waals surface area contributed by atoms with E-state index in [1.807, 2.05) is 12.1 Å². The van der Waals surface area contributed by atoms with E-state index in [4.69, 9.17) is 5.73 Å². The number of likely N-dealkylation sites (tertiary alicyclic amines) is 1. The highest BCUT2D eigenvalue weighted by Gasteiger charge is 2.42. The number of benzene rings is 1. The number of nitrogens with two attached hydrogens (primary N) is 1. The van der Waals surface area contributed by atoms with Crippen LogP contribution in [0.1, 0.15) is 17.5 Å². The summed E-state index contributed by atoms with van der Waals surface area (Å²) in [5.41, 5.74) is 6.15. The van der Waals surface area contributed by atoms with Gasteiger partial charge in [-0.25, -0.2) is 15.0 Å². The van der Waals surface area contributed by atoms with Gasteiger partial charge in [-0.2, -0.15) is 5.26 Å². The third-order valence-corrected chi connectivity index (χ3v) is 4.83. The SMILES string of the molecule is CN1CC[C@@](O)(C#Cc2cccc(-c3ncc4c(C#N)c(N)ncc4n3)c2)C1=O. The second-order valence-electron chi connectivity index (χ2n) is 6.79. The zero-order valence-corrected chi connectivity index (χ0v) is 15.5. The molecule has 29 heavy (non-hydrogen) atoms. The first-order chi connectivity index (χ1) is 13.9. The standard InChI is InChI=1S/C21H16N6O2/c1-27-8-7-21(29,20(27)28)6-5-13-3-2-4-14(9-13)19-25-11-16-15(10-22)18(23)24-12-17(16)26-19/h2-4,9,11-12,29H,7-8H2,1H3,(H2,23,24)/t21-/m0/s1. The molecule has 142 valence electrons. The number of carbonyl (C=O) groups excluding carboxylic acids is 1. The van der Waals surface area contributed by atoms with Crippen LogP contribution in [0.2, 0.25) is 0 Å². The van der Waals surface area contributed by atoms with E-state index in [0.717, 1.165) is 0 Å². The summed E-state index contributed by atoms with van der Waals surface area (Å²) >= 11 is 0. The number of nitrogen functional groups attached to an aromatic ring is 1. The first-order valence-electron chi connectivity index (χ1n) is 8.84. The van der Waals surface area contributed by atoms with Crippen LogP contribution in [0.3, 0.4) is 0 Å². The number of carbonyl (C=O) groups is 1. The minimum absolute atomic E-state index is 0.138. The number of anilines is 1. The fourth-order valence-corrected chi connectivity index (χ4v) is 3.16. The van der Waals surface area contributed by atoms with Crippen LogP contribution in [0.25, 0.3) is 22.3 Å². The van der Waals surface area contributed by atoms with Crippen LogP contribution in [0.5, 0.6) is 0 Å². The topological polar surface area (TPSA) is 129 Å². The van der Waals surface area contributed by atoms with Crippen LogP contribution < -0.4 is 5.73 Å². The average molecular weight is 384 g/mol. The molecule has 0 radical (unpaired) electrons. The molecule has 1 saturated heterocycles. The van der Waals surface area contributed by atoms with Crippen molar-refractivity contribution in [3.63, 3.8) is 0 Å². The van der Waals surface area contributed by atoms with Gasteiger partial charge >= 0.3 is 0 Å². The highest BCUT2D eigenvalue weighted by atomic mass is 16.3. The highest BCUT2D eigenvalue weighted by molar-refractivity contribution is 5.90. The van der Waals surface area contributed by atoms with E-state index in [2.05, 4.69) is 26.8 Å².